The Kier molecular flexibility index (Phi) is 9.25. The van der Waals surface area contributed by atoms with Crippen molar-refractivity contribution >= 4 is 47.1 Å². The number of imide groups is 1. The summed E-state index contributed by atoms with van der Waals surface area (Å²) in [4.78, 5) is 39.6. The molecule has 0 aliphatic heterocycles. The zero-order valence-corrected chi connectivity index (χ0v) is 24.6. The van der Waals surface area contributed by atoms with Crippen molar-refractivity contribution in [3.05, 3.63) is 43.0 Å². The number of para-hydroxylation sites is 1. The Labute approximate surface area is 231 Å². The van der Waals surface area contributed by atoms with Crippen LogP contribution in [-0.2, 0) is 25.3 Å². The highest BCUT2D eigenvalue weighted by Gasteiger charge is 2.35. The minimum absolute atomic E-state index is 0.0997. The van der Waals surface area contributed by atoms with E-state index >= 15 is 0 Å². The normalized spacial score (nSPS) is 14.4. The van der Waals surface area contributed by atoms with E-state index in [1.165, 1.54) is 12.7 Å². The van der Waals surface area contributed by atoms with Crippen molar-refractivity contribution < 1.29 is 32.9 Å². The summed E-state index contributed by atoms with van der Waals surface area (Å²) in [5.74, 6) is 0.272. The maximum absolute atomic E-state index is 13.1. The second kappa shape index (κ2) is 11.9. The van der Waals surface area contributed by atoms with E-state index in [9.17, 15) is 14.2 Å². The summed E-state index contributed by atoms with van der Waals surface area (Å²) < 4.78 is 36.2. The molecule has 2 aromatic heterocycles. The third kappa shape index (κ3) is 8.91. The molecule has 0 bridgehead atoms. The lowest BCUT2D eigenvalue weighted by Gasteiger charge is -2.28. The molecule has 0 spiro atoms. The molecule has 3 rings (SSSR count). The highest BCUT2D eigenvalue weighted by atomic mass is 35.7. The Bertz CT molecular complexity index is 1330. The third-order valence-corrected chi connectivity index (χ3v) is 6.14. The molecule has 0 saturated carbocycles. The van der Waals surface area contributed by atoms with Gasteiger partial charge in [-0.1, -0.05) is 18.2 Å². The molecule has 2 unspecified atom stereocenters. The van der Waals surface area contributed by atoms with Gasteiger partial charge in [0.15, 0.2) is 17.0 Å². The smallest absolute Gasteiger partial charge is 0.425 e. The van der Waals surface area contributed by atoms with Crippen LogP contribution in [0.2, 0.25) is 0 Å². The topological polar surface area (TPSA) is 135 Å². The van der Waals surface area contributed by atoms with Crippen LogP contribution in [0.3, 0.4) is 0 Å². The molecular formula is C25H33ClN5O7P. The fraction of sp³-hybridized carbons (Fsp3) is 0.480. The Morgan fingerprint density at radius 3 is 2.15 bits per heavy atom. The quantitative estimate of drug-likeness (QED) is 0.276. The van der Waals surface area contributed by atoms with Crippen molar-refractivity contribution in [2.24, 2.45) is 0 Å². The minimum Gasteiger partial charge on any atom is -0.443 e. The van der Waals surface area contributed by atoms with Crippen molar-refractivity contribution in [3.63, 3.8) is 0 Å². The fourth-order valence-corrected chi connectivity index (χ4v) is 4.57. The minimum atomic E-state index is -3.59. The van der Waals surface area contributed by atoms with E-state index in [4.69, 9.17) is 30.0 Å². The zero-order valence-electron chi connectivity index (χ0n) is 23.0. The number of ether oxygens (including phenoxy) is 3. The highest BCUT2D eigenvalue weighted by molar-refractivity contribution is 7.85. The number of carbonyl (C=O) groups is 2. The van der Waals surface area contributed by atoms with Gasteiger partial charge >= 0.3 is 18.9 Å². The molecule has 0 aliphatic rings. The SMILES string of the molecule is CC(Cn1cnc2c(N(C(=O)OC(C)(C)C)C(=O)OC(C)(C)C)ncnc21)OCP(=O)(Cl)Oc1ccccc1. The van der Waals surface area contributed by atoms with Crippen molar-refractivity contribution in [1.82, 2.24) is 19.5 Å². The first-order valence-corrected chi connectivity index (χ1v) is 14.8. The molecule has 2 amide bonds. The number of fused-ring (bicyclic) bond motifs is 1. The lowest BCUT2D eigenvalue weighted by atomic mass is 10.2. The Balaban J connectivity index is 1.81. The number of hydrogen-bond acceptors (Lipinski definition) is 10. The number of imidazole rings is 1. The number of aromatic nitrogens is 4. The van der Waals surface area contributed by atoms with E-state index in [2.05, 4.69) is 15.0 Å². The third-order valence-electron chi connectivity index (χ3n) is 4.70. The van der Waals surface area contributed by atoms with Gasteiger partial charge in [-0.2, -0.15) is 4.90 Å². The lowest BCUT2D eigenvalue weighted by molar-refractivity contribution is 0.0429. The van der Waals surface area contributed by atoms with Crippen molar-refractivity contribution in [2.75, 3.05) is 11.2 Å². The molecular weight excluding hydrogens is 549 g/mol. The van der Waals surface area contributed by atoms with E-state index < -0.39 is 36.2 Å². The standard InChI is InChI=1S/C25H33ClN5O7P/c1-17(35-16-39(26,34)38-18-11-9-8-10-12-18)13-30-15-29-19-20(30)27-14-28-21(19)31(22(32)36-24(2,3)4)23(33)37-25(5,6)7/h8-12,14-15,17H,13,16H2,1-7H3. The van der Waals surface area contributed by atoms with E-state index in [1.807, 2.05) is 0 Å². The molecule has 0 aliphatic carbocycles. The summed E-state index contributed by atoms with van der Waals surface area (Å²) in [6.07, 6.45) is -0.100. The lowest BCUT2D eigenvalue weighted by Crippen LogP contribution is -2.44. The summed E-state index contributed by atoms with van der Waals surface area (Å²) >= 11 is 6.07. The van der Waals surface area contributed by atoms with Crippen LogP contribution in [0.15, 0.2) is 43.0 Å². The zero-order chi connectivity index (χ0) is 29.0. The van der Waals surface area contributed by atoms with Gasteiger partial charge in [-0.05, 0) is 71.8 Å². The molecule has 1 aromatic carbocycles. The molecule has 2 atom stereocenters. The summed E-state index contributed by atoms with van der Waals surface area (Å²) in [5.41, 5.74) is -1.29. The van der Waals surface area contributed by atoms with Crippen LogP contribution in [0.5, 0.6) is 5.75 Å². The predicted octanol–water partition coefficient (Wildman–Crippen LogP) is 6.38. The van der Waals surface area contributed by atoms with Gasteiger partial charge in [0.05, 0.1) is 19.0 Å². The van der Waals surface area contributed by atoms with Crippen LogP contribution in [0.4, 0.5) is 15.4 Å². The molecule has 2 heterocycles. The molecule has 0 saturated heterocycles. The molecule has 0 N–H and O–H groups in total. The number of benzene rings is 1. The largest absolute Gasteiger partial charge is 0.443 e. The first-order chi connectivity index (χ1) is 18.0. The van der Waals surface area contributed by atoms with Crippen molar-refractivity contribution in [1.29, 1.82) is 0 Å². The van der Waals surface area contributed by atoms with Gasteiger partial charge in [0.1, 0.15) is 29.6 Å². The number of halogens is 1. The van der Waals surface area contributed by atoms with E-state index in [0.29, 0.717) is 16.3 Å². The van der Waals surface area contributed by atoms with Crippen molar-refractivity contribution in [3.8, 4) is 5.75 Å². The Hall–Kier alpha value is -3.21. The molecule has 14 heteroatoms. The predicted molar refractivity (Wildman–Crippen MR) is 146 cm³/mol. The van der Waals surface area contributed by atoms with Crippen LogP contribution in [-0.4, -0.2) is 55.4 Å². The second-order valence-electron chi connectivity index (χ2n) is 10.7. The number of rotatable bonds is 8. The summed E-state index contributed by atoms with van der Waals surface area (Å²) in [6.45, 7) is 8.44. The number of hydrogen-bond donors (Lipinski definition) is 0. The van der Waals surface area contributed by atoms with Gasteiger partial charge in [0, 0.05) is 0 Å². The average molecular weight is 582 g/mol. The van der Waals surface area contributed by atoms with E-state index in [-0.39, 0.29) is 24.2 Å². The van der Waals surface area contributed by atoms with Crippen LogP contribution in [0, 0.1) is 0 Å². The monoisotopic (exact) mass is 581 g/mol. The number of anilines is 1. The highest BCUT2D eigenvalue weighted by Crippen LogP contribution is 2.52. The number of carbonyl (C=O) groups excluding carboxylic acids is 2. The van der Waals surface area contributed by atoms with Crippen LogP contribution in [0.1, 0.15) is 48.5 Å². The number of amides is 2. The Morgan fingerprint density at radius 1 is 1.00 bits per heavy atom. The van der Waals surface area contributed by atoms with E-state index in [0.717, 1.165) is 0 Å². The molecule has 12 nitrogen and oxygen atoms in total. The number of nitrogens with zero attached hydrogens (tertiary/aromatic N) is 5. The van der Waals surface area contributed by atoms with Crippen molar-refractivity contribution in [2.45, 2.75) is 72.3 Å². The molecule has 3 aromatic rings. The van der Waals surface area contributed by atoms with Gasteiger partial charge in [0.25, 0.3) is 0 Å². The molecule has 0 fully saturated rings. The second-order valence-corrected chi connectivity index (χ2v) is 13.8. The maximum atomic E-state index is 13.1. The first-order valence-electron chi connectivity index (χ1n) is 12.1. The summed E-state index contributed by atoms with van der Waals surface area (Å²) in [5, 5.41) is 0. The van der Waals surface area contributed by atoms with Crippen LogP contribution >= 0.6 is 18.0 Å². The summed E-state index contributed by atoms with van der Waals surface area (Å²) in [6, 6.07) is 8.57. The van der Waals surface area contributed by atoms with E-state index in [1.54, 1.807) is 83.4 Å². The van der Waals surface area contributed by atoms with Crippen LogP contribution in [0.25, 0.3) is 11.2 Å². The fourth-order valence-electron chi connectivity index (χ4n) is 3.24. The van der Waals surface area contributed by atoms with Gasteiger partial charge in [-0.3, -0.25) is 4.57 Å². The van der Waals surface area contributed by atoms with Gasteiger partial charge in [-0.25, -0.2) is 24.5 Å². The molecule has 212 valence electrons. The first kappa shape index (κ1) is 30.3. The molecule has 39 heavy (non-hydrogen) atoms. The van der Waals surface area contributed by atoms with Gasteiger partial charge < -0.3 is 23.3 Å². The average Bonchev–Trinajstić information content (AvgIpc) is 3.19. The maximum Gasteiger partial charge on any atom is 0.425 e. The van der Waals surface area contributed by atoms with Gasteiger partial charge in [-0.15, -0.1) is 0 Å². The Morgan fingerprint density at radius 2 is 1.59 bits per heavy atom. The molecule has 0 radical (unpaired) electrons. The summed E-state index contributed by atoms with van der Waals surface area (Å²) in [7, 11) is 0. The van der Waals surface area contributed by atoms with Gasteiger partial charge in [0.2, 0.25) is 0 Å². The van der Waals surface area contributed by atoms with Crippen LogP contribution < -0.4 is 9.42 Å².